The van der Waals surface area contributed by atoms with E-state index in [0.29, 0.717) is 6.42 Å². The zero-order valence-corrected chi connectivity index (χ0v) is 9.97. The minimum atomic E-state index is -0.950. The molecular formula is C11H20O5. The summed E-state index contributed by atoms with van der Waals surface area (Å²) in [4.78, 5) is 0. The van der Waals surface area contributed by atoms with Gasteiger partial charge in [-0.25, -0.2) is 0 Å². The van der Waals surface area contributed by atoms with Crippen molar-refractivity contribution in [2.75, 3.05) is 13.2 Å². The van der Waals surface area contributed by atoms with Crippen LogP contribution in [-0.2, 0) is 14.2 Å². The molecule has 2 rings (SSSR count). The molecule has 0 spiro atoms. The molecule has 2 aliphatic heterocycles. The van der Waals surface area contributed by atoms with Crippen LogP contribution in [0.15, 0.2) is 0 Å². The molecule has 5 nitrogen and oxygen atoms in total. The van der Waals surface area contributed by atoms with Gasteiger partial charge >= 0.3 is 0 Å². The largest absolute Gasteiger partial charge is 0.390 e. The number of ether oxygens (including phenoxy) is 3. The maximum atomic E-state index is 9.98. The topological polar surface area (TPSA) is 68.2 Å². The molecule has 4 atom stereocenters. The van der Waals surface area contributed by atoms with Crippen LogP contribution in [0.25, 0.3) is 0 Å². The van der Waals surface area contributed by atoms with E-state index in [1.807, 2.05) is 20.8 Å². The molecule has 2 fully saturated rings. The fourth-order valence-electron chi connectivity index (χ4n) is 2.01. The SMILES string of the molecule is CC(C)(C)OC[C@]12COC(CC(O)C1O)O2. The van der Waals surface area contributed by atoms with E-state index in [-0.39, 0.29) is 18.8 Å². The van der Waals surface area contributed by atoms with Gasteiger partial charge in [0.2, 0.25) is 0 Å². The lowest BCUT2D eigenvalue weighted by Gasteiger charge is -2.39. The molecular weight excluding hydrogens is 212 g/mol. The number of rotatable bonds is 2. The van der Waals surface area contributed by atoms with Gasteiger partial charge in [-0.15, -0.1) is 0 Å². The Balaban J connectivity index is 2.05. The van der Waals surface area contributed by atoms with Crippen LogP contribution in [0, 0.1) is 0 Å². The Morgan fingerprint density at radius 3 is 2.69 bits per heavy atom. The molecule has 0 aromatic carbocycles. The van der Waals surface area contributed by atoms with Crippen LogP contribution in [-0.4, -0.2) is 53.1 Å². The third-order valence-corrected chi connectivity index (χ3v) is 2.97. The summed E-state index contributed by atoms with van der Waals surface area (Å²) in [6.07, 6.45) is -1.85. The standard InChI is InChI=1S/C11H20O5/c1-10(2,3)15-6-11-5-14-8(16-11)4-7(12)9(11)13/h7-9,12-13H,4-6H2,1-3H3/t7?,8?,9?,11-/m1/s1. The smallest absolute Gasteiger partial charge is 0.161 e. The fourth-order valence-corrected chi connectivity index (χ4v) is 2.01. The Kier molecular flexibility index (Phi) is 3.01. The molecule has 0 aromatic heterocycles. The highest BCUT2D eigenvalue weighted by atomic mass is 16.7. The van der Waals surface area contributed by atoms with E-state index < -0.39 is 24.1 Å². The van der Waals surface area contributed by atoms with Gasteiger partial charge < -0.3 is 24.4 Å². The summed E-state index contributed by atoms with van der Waals surface area (Å²) in [5, 5.41) is 19.7. The molecule has 0 aromatic rings. The van der Waals surface area contributed by atoms with Gasteiger partial charge in [0.25, 0.3) is 0 Å². The highest BCUT2D eigenvalue weighted by molar-refractivity contribution is 5.00. The summed E-state index contributed by atoms with van der Waals surface area (Å²) in [5.41, 5.74) is -1.21. The van der Waals surface area contributed by atoms with Gasteiger partial charge in [0, 0.05) is 6.42 Å². The van der Waals surface area contributed by atoms with Crippen LogP contribution in [0.1, 0.15) is 27.2 Å². The molecule has 0 aliphatic carbocycles. The lowest BCUT2D eigenvalue weighted by molar-refractivity contribution is -0.232. The van der Waals surface area contributed by atoms with Gasteiger partial charge in [0.05, 0.1) is 24.9 Å². The van der Waals surface area contributed by atoms with Gasteiger partial charge in [0.15, 0.2) is 6.29 Å². The molecule has 0 radical (unpaired) electrons. The summed E-state index contributed by atoms with van der Waals surface area (Å²) in [7, 11) is 0. The molecule has 3 unspecified atom stereocenters. The monoisotopic (exact) mass is 232 g/mol. The second kappa shape index (κ2) is 3.92. The van der Waals surface area contributed by atoms with Crippen molar-refractivity contribution < 1.29 is 24.4 Å². The Morgan fingerprint density at radius 1 is 1.38 bits per heavy atom. The van der Waals surface area contributed by atoms with E-state index in [2.05, 4.69) is 0 Å². The first-order valence-electron chi connectivity index (χ1n) is 5.62. The Bertz CT molecular complexity index is 262. The molecule has 2 aliphatic rings. The average molecular weight is 232 g/mol. The Morgan fingerprint density at radius 2 is 2.06 bits per heavy atom. The lowest BCUT2D eigenvalue weighted by Crippen LogP contribution is -2.58. The maximum Gasteiger partial charge on any atom is 0.161 e. The van der Waals surface area contributed by atoms with Crippen LogP contribution in [0.5, 0.6) is 0 Å². The molecule has 2 heterocycles. The first kappa shape index (κ1) is 12.3. The zero-order chi connectivity index (χ0) is 12.0. The number of aliphatic hydroxyl groups is 2. The van der Waals surface area contributed by atoms with Crippen molar-refractivity contribution in [3.63, 3.8) is 0 Å². The summed E-state index contributed by atoms with van der Waals surface area (Å²) in [6, 6.07) is 0. The van der Waals surface area contributed by atoms with Crippen molar-refractivity contribution in [1.82, 2.24) is 0 Å². The van der Waals surface area contributed by atoms with Gasteiger partial charge in [-0.1, -0.05) is 0 Å². The molecule has 2 saturated heterocycles. The van der Waals surface area contributed by atoms with E-state index in [1.165, 1.54) is 0 Å². The second-order valence-corrected chi connectivity index (χ2v) is 5.57. The van der Waals surface area contributed by atoms with Crippen LogP contribution < -0.4 is 0 Å². The van der Waals surface area contributed by atoms with Crippen molar-refractivity contribution in [2.45, 2.75) is 56.9 Å². The van der Waals surface area contributed by atoms with Gasteiger partial charge in [-0.2, -0.15) is 0 Å². The molecule has 2 N–H and O–H groups in total. The zero-order valence-electron chi connectivity index (χ0n) is 9.97. The highest BCUT2D eigenvalue weighted by Gasteiger charge is 2.55. The van der Waals surface area contributed by atoms with Gasteiger partial charge in [-0.05, 0) is 20.8 Å². The summed E-state index contributed by atoms with van der Waals surface area (Å²) in [6.45, 7) is 6.30. The molecule has 94 valence electrons. The summed E-state index contributed by atoms with van der Waals surface area (Å²) in [5.74, 6) is 0. The predicted molar refractivity (Wildman–Crippen MR) is 55.9 cm³/mol. The number of aliphatic hydroxyl groups excluding tert-OH is 2. The van der Waals surface area contributed by atoms with Gasteiger partial charge in [0.1, 0.15) is 11.7 Å². The number of hydrogen-bond acceptors (Lipinski definition) is 5. The van der Waals surface area contributed by atoms with E-state index in [9.17, 15) is 10.2 Å². The highest BCUT2D eigenvalue weighted by Crippen LogP contribution is 2.37. The number of hydrogen-bond donors (Lipinski definition) is 2. The second-order valence-electron chi connectivity index (χ2n) is 5.57. The van der Waals surface area contributed by atoms with Crippen LogP contribution >= 0.6 is 0 Å². The average Bonchev–Trinajstić information content (AvgIpc) is 2.53. The van der Waals surface area contributed by atoms with Crippen molar-refractivity contribution in [2.24, 2.45) is 0 Å². The van der Waals surface area contributed by atoms with E-state index >= 15 is 0 Å². The van der Waals surface area contributed by atoms with Crippen LogP contribution in [0.3, 0.4) is 0 Å². The lowest BCUT2D eigenvalue weighted by atomic mass is 9.91. The first-order chi connectivity index (χ1) is 7.32. The molecule has 0 saturated carbocycles. The van der Waals surface area contributed by atoms with Crippen molar-refractivity contribution in [3.05, 3.63) is 0 Å². The first-order valence-corrected chi connectivity index (χ1v) is 5.62. The van der Waals surface area contributed by atoms with E-state index in [0.717, 1.165) is 0 Å². The molecule has 5 heteroatoms. The summed E-state index contributed by atoms with van der Waals surface area (Å²) >= 11 is 0. The van der Waals surface area contributed by atoms with Gasteiger partial charge in [-0.3, -0.25) is 0 Å². The predicted octanol–water partition coefficient (Wildman–Crippen LogP) is 0.0387. The van der Waals surface area contributed by atoms with Crippen molar-refractivity contribution >= 4 is 0 Å². The van der Waals surface area contributed by atoms with E-state index in [1.54, 1.807) is 0 Å². The molecule has 16 heavy (non-hydrogen) atoms. The van der Waals surface area contributed by atoms with Crippen molar-refractivity contribution in [1.29, 1.82) is 0 Å². The quantitative estimate of drug-likeness (QED) is 0.703. The Hall–Kier alpha value is -0.200. The summed E-state index contributed by atoms with van der Waals surface area (Å²) < 4.78 is 16.6. The minimum absolute atomic E-state index is 0.227. The van der Waals surface area contributed by atoms with E-state index in [4.69, 9.17) is 14.2 Å². The Labute approximate surface area is 95.3 Å². The van der Waals surface area contributed by atoms with Crippen molar-refractivity contribution in [3.8, 4) is 0 Å². The maximum absolute atomic E-state index is 9.98. The molecule has 2 bridgehead atoms. The third-order valence-electron chi connectivity index (χ3n) is 2.97. The number of fused-ring (bicyclic) bond motifs is 2. The fraction of sp³-hybridized carbons (Fsp3) is 1.00. The molecule has 0 amide bonds. The minimum Gasteiger partial charge on any atom is -0.390 e. The van der Waals surface area contributed by atoms with Crippen LogP contribution in [0.2, 0.25) is 0 Å². The normalized spacial score (nSPS) is 43.7. The van der Waals surface area contributed by atoms with Crippen LogP contribution in [0.4, 0.5) is 0 Å². The third kappa shape index (κ3) is 2.24.